The summed E-state index contributed by atoms with van der Waals surface area (Å²) in [6, 6.07) is 26.5. The minimum Gasteiger partial charge on any atom is -0.358 e. The molecule has 1 aliphatic heterocycles. The highest BCUT2D eigenvalue weighted by Crippen LogP contribution is 2.30. The van der Waals surface area contributed by atoms with E-state index in [9.17, 15) is 9.59 Å². The van der Waals surface area contributed by atoms with Gasteiger partial charge in [0.1, 0.15) is 5.69 Å². The number of ketones is 1. The maximum Gasteiger partial charge on any atom is 0.267 e. The average molecular weight is 535 g/mol. The number of para-hydroxylation sites is 1. The maximum absolute atomic E-state index is 13.6. The predicted molar refractivity (Wildman–Crippen MR) is 162 cm³/mol. The van der Waals surface area contributed by atoms with Gasteiger partial charge in [-0.05, 0) is 93.0 Å². The first kappa shape index (κ1) is 27.4. The fraction of sp³-hybridized carbons (Fsp3) is 0.294. The summed E-state index contributed by atoms with van der Waals surface area (Å²) in [4.78, 5) is 30.9. The molecule has 0 bridgehead atoms. The zero-order valence-corrected chi connectivity index (χ0v) is 23.9. The Hall–Kier alpha value is -4.16. The third-order valence-electron chi connectivity index (χ3n) is 7.70. The number of carbonyl (C=O) groups is 2. The van der Waals surface area contributed by atoms with Gasteiger partial charge in [0, 0.05) is 23.5 Å². The number of amides is 1. The third kappa shape index (κ3) is 5.87. The summed E-state index contributed by atoms with van der Waals surface area (Å²) in [5.74, 6) is 0.0179. The van der Waals surface area contributed by atoms with E-state index in [0.717, 1.165) is 41.0 Å². The van der Waals surface area contributed by atoms with Gasteiger partial charge in [0.25, 0.3) is 5.91 Å². The van der Waals surface area contributed by atoms with E-state index in [-0.39, 0.29) is 18.2 Å². The molecule has 3 aromatic carbocycles. The lowest BCUT2D eigenvalue weighted by atomic mass is 9.94. The fourth-order valence-corrected chi connectivity index (χ4v) is 5.54. The van der Waals surface area contributed by atoms with E-state index in [0.29, 0.717) is 30.9 Å². The number of hydrogen-bond acceptors (Lipinski definition) is 4. The second-order valence-corrected chi connectivity index (χ2v) is 11.0. The summed E-state index contributed by atoms with van der Waals surface area (Å²) in [5.41, 5.74) is 9.17. The van der Waals surface area contributed by atoms with E-state index in [4.69, 9.17) is 0 Å². The molecule has 0 atom stereocenters. The smallest absolute Gasteiger partial charge is 0.267 e. The Kier molecular flexibility index (Phi) is 8.17. The normalized spacial score (nSPS) is 12.6. The van der Waals surface area contributed by atoms with Crippen LogP contribution in [0.5, 0.6) is 0 Å². The number of nitrogens with one attached hydrogen (secondary N) is 1. The van der Waals surface area contributed by atoms with E-state index in [2.05, 4.69) is 63.9 Å². The molecule has 6 heteroatoms. The number of rotatable bonds is 9. The topological polar surface area (TPSA) is 57.6 Å². The molecule has 0 saturated heterocycles. The van der Waals surface area contributed by atoms with E-state index < -0.39 is 0 Å². The standard InChI is InChI=1S/C34H38N4O2/c1-24-10-5-7-12-29(24)30-16-14-26(20-25(30)2)33(39)23-37-22-28-15-17-32(34(40)35-18-9-19-36(3)4)38(28)21-27-11-6-8-13-31(27)37/h5-8,10-17,20H,9,18-19,21-23H2,1-4H3,(H,35,40). The number of aromatic nitrogens is 1. The van der Waals surface area contributed by atoms with E-state index >= 15 is 0 Å². The fourth-order valence-electron chi connectivity index (χ4n) is 5.54. The van der Waals surface area contributed by atoms with Crippen LogP contribution >= 0.6 is 0 Å². The SMILES string of the molecule is Cc1ccccc1-c1ccc(C(=O)CN2Cc3ccc(C(=O)NCCCN(C)C)n3Cc3ccccc32)cc1C. The predicted octanol–water partition coefficient (Wildman–Crippen LogP) is 5.70. The molecule has 4 aromatic rings. The van der Waals surface area contributed by atoms with Gasteiger partial charge < -0.3 is 19.7 Å². The number of fused-ring (bicyclic) bond motifs is 2. The van der Waals surface area contributed by atoms with E-state index in [1.807, 2.05) is 62.6 Å². The zero-order valence-electron chi connectivity index (χ0n) is 23.9. The van der Waals surface area contributed by atoms with Crippen LogP contribution in [-0.2, 0) is 13.1 Å². The molecule has 40 heavy (non-hydrogen) atoms. The first-order valence-electron chi connectivity index (χ1n) is 14.0. The van der Waals surface area contributed by atoms with Crippen molar-refractivity contribution in [1.29, 1.82) is 0 Å². The van der Waals surface area contributed by atoms with Crippen LogP contribution in [0.3, 0.4) is 0 Å². The second kappa shape index (κ2) is 11.9. The Bertz CT molecular complexity index is 1530. The molecule has 0 unspecified atom stereocenters. The highest BCUT2D eigenvalue weighted by molar-refractivity contribution is 6.00. The van der Waals surface area contributed by atoms with Crippen LogP contribution in [0.15, 0.2) is 78.9 Å². The van der Waals surface area contributed by atoms with Crippen LogP contribution < -0.4 is 10.2 Å². The molecule has 5 rings (SSSR count). The molecular formula is C34H38N4O2. The Balaban J connectivity index is 1.36. The molecule has 0 saturated carbocycles. The van der Waals surface area contributed by atoms with Crippen LogP contribution in [-0.4, -0.2) is 54.9 Å². The number of nitrogens with zero attached hydrogens (tertiary/aromatic N) is 3. The molecule has 6 nitrogen and oxygen atoms in total. The first-order chi connectivity index (χ1) is 19.3. The van der Waals surface area contributed by atoms with Gasteiger partial charge in [-0.25, -0.2) is 0 Å². The number of benzene rings is 3. The van der Waals surface area contributed by atoms with Crippen LogP contribution in [0.1, 0.15) is 49.7 Å². The van der Waals surface area contributed by atoms with Crippen molar-refractivity contribution in [1.82, 2.24) is 14.8 Å². The maximum atomic E-state index is 13.6. The van der Waals surface area contributed by atoms with Gasteiger partial charge in [0.05, 0.1) is 19.6 Å². The third-order valence-corrected chi connectivity index (χ3v) is 7.70. The summed E-state index contributed by atoms with van der Waals surface area (Å²) in [5, 5.41) is 3.07. The molecule has 0 fully saturated rings. The highest BCUT2D eigenvalue weighted by atomic mass is 16.2. The molecule has 0 aliphatic carbocycles. The van der Waals surface area contributed by atoms with Crippen molar-refractivity contribution in [3.05, 3.63) is 113 Å². The second-order valence-electron chi connectivity index (χ2n) is 11.0. The van der Waals surface area contributed by atoms with Crippen LogP contribution in [0.4, 0.5) is 5.69 Å². The van der Waals surface area contributed by atoms with Gasteiger partial charge in [-0.1, -0.05) is 54.6 Å². The molecule has 0 spiro atoms. The summed E-state index contributed by atoms with van der Waals surface area (Å²) < 4.78 is 2.09. The Labute approximate surface area is 237 Å². The van der Waals surface area contributed by atoms with E-state index in [1.54, 1.807) is 0 Å². The zero-order chi connectivity index (χ0) is 28.2. The number of carbonyl (C=O) groups excluding carboxylic acids is 2. The van der Waals surface area contributed by atoms with Crippen LogP contribution in [0.25, 0.3) is 11.1 Å². The molecule has 1 aromatic heterocycles. The average Bonchev–Trinajstić information content (AvgIpc) is 3.26. The summed E-state index contributed by atoms with van der Waals surface area (Å²) in [7, 11) is 4.06. The van der Waals surface area contributed by atoms with Gasteiger partial charge in [-0.15, -0.1) is 0 Å². The highest BCUT2D eigenvalue weighted by Gasteiger charge is 2.25. The Morgan fingerprint density at radius 1 is 0.850 bits per heavy atom. The molecule has 0 radical (unpaired) electrons. The van der Waals surface area contributed by atoms with Crippen molar-refractivity contribution < 1.29 is 9.59 Å². The minimum atomic E-state index is -0.0590. The van der Waals surface area contributed by atoms with Gasteiger partial charge in [0.2, 0.25) is 0 Å². The van der Waals surface area contributed by atoms with Crippen LogP contribution in [0, 0.1) is 13.8 Å². The summed E-state index contributed by atoms with van der Waals surface area (Å²) in [6.07, 6.45) is 0.899. The van der Waals surface area contributed by atoms with Crippen molar-refractivity contribution in [2.45, 2.75) is 33.4 Å². The van der Waals surface area contributed by atoms with Crippen LogP contribution in [0.2, 0.25) is 0 Å². The Morgan fingerprint density at radius 2 is 1.60 bits per heavy atom. The monoisotopic (exact) mass is 534 g/mol. The number of aryl methyl sites for hydroxylation is 2. The number of Topliss-reactive ketones (excluding diaryl/α,β-unsaturated/α-hetero) is 1. The molecular weight excluding hydrogens is 496 g/mol. The van der Waals surface area contributed by atoms with Crippen molar-refractivity contribution >= 4 is 17.4 Å². The van der Waals surface area contributed by atoms with Gasteiger partial charge in [-0.2, -0.15) is 0 Å². The summed E-state index contributed by atoms with van der Waals surface area (Å²) in [6.45, 7) is 7.15. The number of hydrogen-bond donors (Lipinski definition) is 1. The van der Waals surface area contributed by atoms with Crippen molar-refractivity contribution in [3.8, 4) is 11.1 Å². The lowest BCUT2D eigenvalue weighted by molar-refractivity contribution is 0.0941. The quantitative estimate of drug-likeness (QED) is 0.221. The molecule has 1 amide bonds. The van der Waals surface area contributed by atoms with Crippen molar-refractivity contribution in [3.63, 3.8) is 0 Å². The molecule has 1 N–H and O–H groups in total. The lowest BCUT2D eigenvalue weighted by Gasteiger charge is -2.24. The largest absolute Gasteiger partial charge is 0.358 e. The van der Waals surface area contributed by atoms with Gasteiger partial charge in [0.15, 0.2) is 5.78 Å². The van der Waals surface area contributed by atoms with Gasteiger partial charge >= 0.3 is 0 Å². The molecule has 2 heterocycles. The molecule has 206 valence electrons. The minimum absolute atomic E-state index is 0.0590. The Morgan fingerprint density at radius 3 is 2.38 bits per heavy atom. The van der Waals surface area contributed by atoms with E-state index in [1.165, 1.54) is 11.1 Å². The first-order valence-corrected chi connectivity index (χ1v) is 14.0. The van der Waals surface area contributed by atoms with Gasteiger partial charge in [-0.3, -0.25) is 9.59 Å². The molecule has 1 aliphatic rings. The lowest BCUT2D eigenvalue weighted by Crippen LogP contribution is -2.30. The number of anilines is 1. The van der Waals surface area contributed by atoms with Crippen molar-refractivity contribution in [2.24, 2.45) is 0 Å². The van der Waals surface area contributed by atoms with Crippen molar-refractivity contribution in [2.75, 3.05) is 38.6 Å². The summed E-state index contributed by atoms with van der Waals surface area (Å²) >= 11 is 0.